The Labute approximate surface area is 293 Å². The summed E-state index contributed by atoms with van der Waals surface area (Å²) >= 11 is 0. The van der Waals surface area contributed by atoms with Crippen molar-refractivity contribution in [1.29, 1.82) is 0 Å². The largest absolute Gasteiger partial charge is 0.268 e. The van der Waals surface area contributed by atoms with E-state index in [0.717, 1.165) is 43.2 Å². The fourth-order valence-electron chi connectivity index (χ4n) is 7.91. The zero-order chi connectivity index (χ0) is 35.0. The molecule has 3 aliphatic rings. The molecule has 1 aliphatic carbocycles. The van der Waals surface area contributed by atoms with Crippen LogP contribution in [0.4, 0.5) is 11.4 Å². The van der Waals surface area contributed by atoms with Gasteiger partial charge >= 0.3 is 0 Å². The van der Waals surface area contributed by atoms with Crippen LogP contribution in [0.5, 0.6) is 0 Å². The normalized spacial score (nSPS) is 14.9. The second kappa shape index (κ2) is 10.9. The molecule has 0 N–H and O–H groups in total. The highest BCUT2D eigenvalue weighted by atomic mass is 16.2. The van der Waals surface area contributed by atoms with Gasteiger partial charge in [0.1, 0.15) is 0 Å². The predicted molar refractivity (Wildman–Crippen MR) is 195 cm³/mol. The summed E-state index contributed by atoms with van der Waals surface area (Å²) in [5.41, 5.74) is 7.30. The molecule has 0 unspecified atom stereocenters. The lowest BCUT2D eigenvalue weighted by Crippen LogP contribution is -2.30. The van der Waals surface area contributed by atoms with Crippen LogP contribution in [-0.4, -0.2) is 23.6 Å². The molecule has 0 radical (unpaired) electrons. The van der Waals surface area contributed by atoms with E-state index in [0.29, 0.717) is 22.5 Å². The Bertz CT molecular complexity index is 2490. The molecule has 0 bridgehead atoms. The second-order valence-corrected chi connectivity index (χ2v) is 12.6. The first-order valence-electron chi connectivity index (χ1n) is 16.3. The number of hydrogen-bond acceptors (Lipinski definition) is 4. The van der Waals surface area contributed by atoms with E-state index in [1.807, 2.05) is 48.5 Å². The highest BCUT2D eigenvalue weighted by Crippen LogP contribution is 2.56. The number of anilines is 2. The summed E-state index contributed by atoms with van der Waals surface area (Å²) in [4.78, 5) is 58.0. The molecule has 238 valence electrons. The van der Waals surface area contributed by atoms with Crippen LogP contribution in [0.25, 0.3) is 11.1 Å². The molecule has 6 aromatic rings. The number of imide groups is 2. The Morgan fingerprint density at radius 2 is 0.824 bits per heavy atom. The molecular weight excluding hydrogens is 633 g/mol. The maximum atomic E-state index is 14.1. The summed E-state index contributed by atoms with van der Waals surface area (Å²) in [5, 5.41) is 0. The molecule has 0 spiro atoms. The summed E-state index contributed by atoms with van der Waals surface area (Å²) in [7, 11) is 0. The van der Waals surface area contributed by atoms with Crippen molar-refractivity contribution in [2.24, 2.45) is 0 Å². The summed E-state index contributed by atoms with van der Waals surface area (Å²) in [5.74, 6) is 3.34. The molecule has 2 aliphatic heterocycles. The van der Waals surface area contributed by atoms with Crippen LogP contribution in [0, 0.1) is 24.7 Å². The third-order valence-corrected chi connectivity index (χ3v) is 10.1. The van der Waals surface area contributed by atoms with Crippen LogP contribution >= 0.6 is 0 Å². The Morgan fingerprint density at radius 1 is 0.412 bits per heavy atom. The molecule has 0 saturated carbocycles. The Morgan fingerprint density at radius 3 is 1.25 bits per heavy atom. The van der Waals surface area contributed by atoms with E-state index < -0.39 is 29.0 Å². The van der Waals surface area contributed by atoms with E-state index in [1.54, 1.807) is 72.8 Å². The van der Waals surface area contributed by atoms with E-state index in [9.17, 15) is 19.2 Å². The minimum Gasteiger partial charge on any atom is -0.268 e. The molecule has 6 heteroatoms. The van der Waals surface area contributed by atoms with Gasteiger partial charge in [0.15, 0.2) is 0 Å². The van der Waals surface area contributed by atoms with E-state index >= 15 is 0 Å². The SMILES string of the molecule is C#Cc1cccc(N2C(=O)c3ccc(C4(c5ccc6c(c5)C(=O)N(c5cccc(C#C)c5)C6=O)c5ccccc5-c5ccccc54)cc3C2=O)c1. The molecule has 4 amide bonds. The first-order chi connectivity index (χ1) is 24.9. The van der Waals surface area contributed by atoms with Crippen molar-refractivity contribution in [3.05, 3.63) is 189 Å². The summed E-state index contributed by atoms with van der Waals surface area (Å²) < 4.78 is 0. The van der Waals surface area contributed by atoms with Crippen LogP contribution in [-0.2, 0) is 5.41 Å². The summed E-state index contributed by atoms with van der Waals surface area (Å²) in [6.45, 7) is 0. The van der Waals surface area contributed by atoms with Crippen molar-refractivity contribution in [2.75, 3.05) is 9.80 Å². The zero-order valence-electron chi connectivity index (χ0n) is 26.9. The van der Waals surface area contributed by atoms with Crippen molar-refractivity contribution in [3.8, 4) is 35.8 Å². The van der Waals surface area contributed by atoms with Crippen LogP contribution in [0.2, 0.25) is 0 Å². The monoisotopic (exact) mass is 656 g/mol. The lowest BCUT2D eigenvalue weighted by molar-refractivity contribution is 0.0910. The highest BCUT2D eigenvalue weighted by Gasteiger charge is 2.49. The minimum absolute atomic E-state index is 0.261. The van der Waals surface area contributed by atoms with Gasteiger partial charge in [-0.05, 0) is 94.0 Å². The van der Waals surface area contributed by atoms with Crippen LogP contribution in [0.3, 0.4) is 0 Å². The number of terminal acetylenes is 2. The molecule has 6 nitrogen and oxygen atoms in total. The van der Waals surface area contributed by atoms with Gasteiger partial charge in [0.25, 0.3) is 23.6 Å². The van der Waals surface area contributed by atoms with Crippen molar-refractivity contribution < 1.29 is 19.2 Å². The average Bonchev–Trinajstić information content (AvgIpc) is 3.72. The maximum absolute atomic E-state index is 14.1. The lowest BCUT2D eigenvalue weighted by atomic mass is 9.67. The van der Waals surface area contributed by atoms with E-state index in [2.05, 4.69) is 24.0 Å². The van der Waals surface area contributed by atoms with E-state index in [4.69, 9.17) is 12.8 Å². The molecule has 0 saturated heterocycles. The van der Waals surface area contributed by atoms with Gasteiger partial charge in [0.05, 0.1) is 39.0 Å². The van der Waals surface area contributed by atoms with Gasteiger partial charge in [0.2, 0.25) is 0 Å². The Kier molecular flexibility index (Phi) is 6.36. The quantitative estimate of drug-likeness (QED) is 0.144. The van der Waals surface area contributed by atoms with Crippen molar-refractivity contribution >= 4 is 35.0 Å². The number of fused-ring (bicyclic) bond motifs is 5. The fraction of sp³-hybridized carbons (Fsp3) is 0.0222. The van der Waals surface area contributed by atoms with Gasteiger partial charge in [0, 0.05) is 11.1 Å². The molecule has 2 heterocycles. The maximum Gasteiger partial charge on any atom is 0.266 e. The van der Waals surface area contributed by atoms with Crippen LogP contribution in [0.15, 0.2) is 133 Å². The van der Waals surface area contributed by atoms with Crippen LogP contribution < -0.4 is 9.80 Å². The Balaban J connectivity index is 1.25. The van der Waals surface area contributed by atoms with Gasteiger partial charge in [-0.3, -0.25) is 19.2 Å². The van der Waals surface area contributed by atoms with Gasteiger partial charge in [-0.2, -0.15) is 0 Å². The van der Waals surface area contributed by atoms with Crippen molar-refractivity contribution in [2.45, 2.75) is 5.41 Å². The van der Waals surface area contributed by atoms with E-state index in [1.165, 1.54) is 0 Å². The highest BCUT2D eigenvalue weighted by molar-refractivity contribution is 6.35. The number of rotatable bonds is 4. The average molecular weight is 657 g/mol. The Hall–Kier alpha value is -7.28. The number of benzene rings is 6. The first-order valence-corrected chi connectivity index (χ1v) is 16.3. The molecule has 0 atom stereocenters. The van der Waals surface area contributed by atoms with Gasteiger partial charge in [-0.1, -0.05) is 84.6 Å². The topological polar surface area (TPSA) is 74.8 Å². The predicted octanol–water partition coefficient (Wildman–Crippen LogP) is 7.61. The minimum atomic E-state index is -1.02. The number of nitrogens with zero attached hydrogens (tertiary/aromatic N) is 2. The second-order valence-electron chi connectivity index (χ2n) is 12.6. The molecule has 51 heavy (non-hydrogen) atoms. The first kappa shape index (κ1) is 29.8. The molecule has 0 fully saturated rings. The summed E-state index contributed by atoms with van der Waals surface area (Å²) in [6, 6.07) is 40.4. The number of carbonyl (C=O) groups excluding carboxylic acids is 4. The van der Waals surface area contributed by atoms with Crippen LogP contribution in [0.1, 0.15) is 74.8 Å². The number of carbonyl (C=O) groups is 4. The lowest BCUT2D eigenvalue weighted by Gasteiger charge is -2.34. The van der Waals surface area contributed by atoms with Gasteiger partial charge in [-0.25, -0.2) is 9.80 Å². The third kappa shape index (κ3) is 4.02. The van der Waals surface area contributed by atoms with Crippen molar-refractivity contribution in [3.63, 3.8) is 0 Å². The molecular formula is C45H24N2O4. The smallest absolute Gasteiger partial charge is 0.266 e. The van der Waals surface area contributed by atoms with Crippen molar-refractivity contribution in [1.82, 2.24) is 0 Å². The molecule has 6 aromatic carbocycles. The fourth-order valence-corrected chi connectivity index (χ4v) is 7.91. The third-order valence-electron chi connectivity index (χ3n) is 10.1. The van der Waals surface area contributed by atoms with Gasteiger partial charge in [-0.15, -0.1) is 12.8 Å². The molecule has 0 aromatic heterocycles. The number of hydrogen-bond donors (Lipinski definition) is 0. The van der Waals surface area contributed by atoms with Gasteiger partial charge < -0.3 is 0 Å². The standard InChI is InChI=1S/C45H24N2O4/c1-3-27-11-9-13-31(23-27)46-41(48)35-21-19-29(25-37(35)43(46)50)45(39-17-7-5-15-33(39)34-16-6-8-18-40(34)45)30-20-22-36-38(26-30)44(51)47(42(36)49)32-14-10-12-28(4-2)24-32/h1-2,5-26H. The molecule has 9 rings (SSSR count). The zero-order valence-corrected chi connectivity index (χ0v) is 26.9. The van der Waals surface area contributed by atoms with E-state index in [-0.39, 0.29) is 22.3 Å². The summed E-state index contributed by atoms with van der Waals surface area (Å²) in [6.07, 6.45) is 11.2. The number of amides is 4.